The standard InChI is InChI=1S/C24H36N4O4S.C22H31N3O5S/c1-5-25-22(29)12-18-14-27(15-18)33(30,31)19-6-7-21-20(13-19)26-23(24(2,3)4)28(21)16-17-8-10-32-11-9-17;1-22(2,3)21-23-18-11-17(31(28,29)24-12-16(13-24)10-20(26)27)4-5-19(18)25(21)14-15-6-8-30-9-7-15/h6-7,13,17-18H,5,8-12,14-16H2,1-4H3,(H,25,29);4-5,11,15-16H,6-10,12-14H2,1-3H3,(H,26,27). The van der Waals surface area contributed by atoms with Gasteiger partial charge < -0.3 is 29.0 Å². The van der Waals surface area contributed by atoms with E-state index in [1.54, 1.807) is 24.3 Å². The Balaban J connectivity index is 0.000000192. The van der Waals surface area contributed by atoms with Crippen LogP contribution in [-0.4, -0.2) is 121 Å². The molecule has 16 nitrogen and oxygen atoms in total. The summed E-state index contributed by atoms with van der Waals surface area (Å²) in [6, 6.07) is 10.5. The molecule has 4 aromatic rings. The van der Waals surface area contributed by atoms with Gasteiger partial charge in [0, 0.05) is 89.5 Å². The SMILES string of the molecule is CC(C)(C)c1nc2cc(S(=O)(=O)N3CC(CC(=O)O)C3)ccc2n1CC1CCOCC1.CCNC(=O)CC1CN(S(=O)(=O)c2ccc3c(c2)nc(C(C)(C)C)n3CC2CCOCC2)C1. The van der Waals surface area contributed by atoms with Crippen LogP contribution in [0.15, 0.2) is 46.2 Å². The molecule has 4 aliphatic rings. The lowest BCUT2D eigenvalue weighted by Crippen LogP contribution is -2.51. The molecular formula is C46H67N7O9S2. The van der Waals surface area contributed by atoms with E-state index in [1.165, 1.54) is 8.61 Å². The van der Waals surface area contributed by atoms with E-state index in [2.05, 4.69) is 56.0 Å². The van der Waals surface area contributed by atoms with E-state index in [0.717, 1.165) is 87.9 Å². The Morgan fingerprint density at radius 2 is 1.05 bits per heavy atom. The number of hydrogen-bond acceptors (Lipinski definition) is 10. The summed E-state index contributed by atoms with van der Waals surface area (Å²) in [5.74, 6) is 2.01. The van der Waals surface area contributed by atoms with Crippen LogP contribution in [-0.2, 0) is 63.0 Å². The third kappa shape index (κ3) is 10.7. The Hall–Kier alpha value is -3.94. The summed E-state index contributed by atoms with van der Waals surface area (Å²) in [5.41, 5.74) is 2.98. The Morgan fingerprint density at radius 1 is 0.656 bits per heavy atom. The number of fused-ring (bicyclic) bond motifs is 2. The zero-order valence-corrected chi connectivity index (χ0v) is 40.1. The minimum absolute atomic E-state index is 0.00336. The molecule has 0 bridgehead atoms. The number of carbonyl (C=O) groups excluding carboxylic acids is 1. The second-order valence-corrected chi connectivity index (χ2v) is 24.0. The molecule has 4 saturated heterocycles. The average molecular weight is 926 g/mol. The smallest absolute Gasteiger partial charge is 0.303 e. The van der Waals surface area contributed by atoms with Gasteiger partial charge in [0.05, 0.1) is 38.3 Å². The number of carbonyl (C=O) groups is 2. The fourth-order valence-electron chi connectivity index (χ4n) is 9.20. The molecule has 0 unspecified atom stereocenters. The Bertz CT molecular complexity index is 2530. The maximum absolute atomic E-state index is 13.2. The van der Waals surface area contributed by atoms with Crippen LogP contribution in [0.2, 0.25) is 0 Å². The summed E-state index contributed by atoms with van der Waals surface area (Å²) in [7, 11) is -7.26. The molecular weight excluding hydrogens is 859 g/mol. The van der Waals surface area contributed by atoms with Crippen LogP contribution in [0.1, 0.15) is 98.6 Å². The van der Waals surface area contributed by atoms with E-state index in [4.69, 9.17) is 24.5 Å². The molecule has 2 aromatic carbocycles. The van der Waals surface area contributed by atoms with Crippen molar-refractivity contribution < 1.29 is 41.0 Å². The number of nitrogens with one attached hydrogen (secondary N) is 1. The minimum Gasteiger partial charge on any atom is -0.481 e. The van der Waals surface area contributed by atoms with Crippen LogP contribution >= 0.6 is 0 Å². The van der Waals surface area contributed by atoms with Crippen LogP contribution in [0.4, 0.5) is 0 Å². The van der Waals surface area contributed by atoms with Crippen molar-refractivity contribution in [3.8, 4) is 0 Å². The van der Waals surface area contributed by atoms with Gasteiger partial charge in [0.25, 0.3) is 0 Å². The van der Waals surface area contributed by atoms with Gasteiger partial charge in [0.15, 0.2) is 0 Å². The number of ether oxygens (including phenoxy) is 2. The van der Waals surface area contributed by atoms with E-state index in [0.29, 0.717) is 48.9 Å². The number of hydrogen-bond donors (Lipinski definition) is 2. The quantitative estimate of drug-likeness (QED) is 0.166. The second-order valence-electron chi connectivity index (χ2n) is 20.1. The Labute approximate surface area is 378 Å². The average Bonchev–Trinajstić information content (AvgIpc) is 3.76. The van der Waals surface area contributed by atoms with Gasteiger partial charge in [-0.3, -0.25) is 9.59 Å². The maximum atomic E-state index is 13.2. The molecule has 0 atom stereocenters. The molecule has 2 aromatic heterocycles. The molecule has 64 heavy (non-hydrogen) atoms. The highest BCUT2D eigenvalue weighted by Crippen LogP contribution is 2.35. The summed E-state index contributed by atoms with van der Waals surface area (Å²) in [6.45, 7) is 21.4. The minimum atomic E-state index is -3.65. The van der Waals surface area contributed by atoms with Crippen molar-refractivity contribution in [1.29, 1.82) is 0 Å². The highest BCUT2D eigenvalue weighted by Gasteiger charge is 2.39. The topological polar surface area (TPSA) is 195 Å². The molecule has 18 heteroatoms. The van der Waals surface area contributed by atoms with Crippen molar-refractivity contribution in [3.05, 3.63) is 48.0 Å². The summed E-state index contributed by atoms with van der Waals surface area (Å²) in [6.07, 6.45) is 4.45. The molecule has 2 N–H and O–H groups in total. The van der Waals surface area contributed by atoms with Gasteiger partial charge in [0.2, 0.25) is 26.0 Å². The summed E-state index contributed by atoms with van der Waals surface area (Å²) < 4.78 is 70.8. The molecule has 6 heterocycles. The number of rotatable bonds is 13. The highest BCUT2D eigenvalue weighted by molar-refractivity contribution is 7.89. The predicted molar refractivity (Wildman–Crippen MR) is 244 cm³/mol. The molecule has 0 spiro atoms. The number of nitrogens with zero attached hydrogens (tertiary/aromatic N) is 6. The first-order valence-corrected chi connectivity index (χ1v) is 25.7. The van der Waals surface area contributed by atoms with Crippen LogP contribution in [0.25, 0.3) is 22.1 Å². The molecule has 0 radical (unpaired) electrons. The maximum Gasteiger partial charge on any atom is 0.303 e. The fraction of sp³-hybridized carbons (Fsp3) is 0.652. The van der Waals surface area contributed by atoms with Gasteiger partial charge in [-0.25, -0.2) is 26.8 Å². The molecule has 4 aliphatic heterocycles. The number of amides is 1. The second kappa shape index (κ2) is 19.1. The molecule has 352 valence electrons. The van der Waals surface area contributed by atoms with Crippen molar-refractivity contribution in [2.75, 3.05) is 59.2 Å². The van der Waals surface area contributed by atoms with E-state index in [9.17, 15) is 26.4 Å². The van der Waals surface area contributed by atoms with Crippen LogP contribution < -0.4 is 5.32 Å². The van der Waals surface area contributed by atoms with Gasteiger partial charge in [-0.15, -0.1) is 0 Å². The number of aliphatic carboxylic acids is 1. The molecule has 4 fully saturated rings. The van der Waals surface area contributed by atoms with E-state index >= 15 is 0 Å². The lowest BCUT2D eigenvalue weighted by Gasteiger charge is -2.37. The largest absolute Gasteiger partial charge is 0.481 e. The lowest BCUT2D eigenvalue weighted by atomic mass is 9.94. The third-order valence-corrected chi connectivity index (χ3v) is 16.4. The first-order chi connectivity index (χ1) is 30.1. The normalized spacial score (nSPS) is 19.3. The van der Waals surface area contributed by atoms with E-state index < -0.39 is 26.0 Å². The van der Waals surface area contributed by atoms with Gasteiger partial charge in [-0.05, 0) is 92.7 Å². The molecule has 1 amide bonds. The first-order valence-electron chi connectivity index (χ1n) is 22.8. The van der Waals surface area contributed by atoms with Gasteiger partial charge in [-0.2, -0.15) is 8.61 Å². The van der Waals surface area contributed by atoms with Gasteiger partial charge >= 0.3 is 5.97 Å². The monoisotopic (exact) mass is 925 g/mol. The summed E-state index contributed by atoms with van der Waals surface area (Å²) in [4.78, 5) is 32.9. The summed E-state index contributed by atoms with van der Waals surface area (Å²) in [5, 5.41) is 11.7. The molecule has 8 rings (SSSR count). The van der Waals surface area contributed by atoms with E-state index in [1.807, 2.05) is 19.1 Å². The van der Waals surface area contributed by atoms with Crippen molar-refractivity contribution >= 4 is 54.0 Å². The third-order valence-electron chi connectivity index (χ3n) is 12.8. The fourth-order valence-corrected chi connectivity index (χ4v) is 12.4. The number of carboxylic acid groups (broad SMARTS) is 1. The zero-order chi connectivity index (χ0) is 46.2. The lowest BCUT2D eigenvalue weighted by molar-refractivity contribution is -0.139. The van der Waals surface area contributed by atoms with Crippen molar-refractivity contribution in [3.63, 3.8) is 0 Å². The predicted octanol–water partition coefficient (Wildman–Crippen LogP) is 5.76. The Morgan fingerprint density at radius 3 is 1.41 bits per heavy atom. The van der Waals surface area contributed by atoms with E-state index in [-0.39, 0.29) is 57.9 Å². The van der Waals surface area contributed by atoms with Crippen LogP contribution in [0.5, 0.6) is 0 Å². The number of carboxylic acids is 1. The van der Waals surface area contributed by atoms with Crippen molar-refractivity contribution in [2.24, 2.45) is 23.7 Å². The summed E-state index contributed by atoms with van der Waals surface area (Å²) >= 11 is 0. The van der Waals surface area contributed by atoms with Gasteiger partial charge in [0.1, 0.15) is 11.6 Å². The Kier molecular flexibility index (Phi) is 14.3. The molecule has 0 saturated carbocycles. The van der Waals surface area contributed by atoms with Crippen molar-refractivity contribution in [2.45, 2.75) is 121 Å². The van der Waals surface area contributed by atoms with Crippen molar-refractivity contribution in [1.82, 2.24) is 33.0 Å². The van der Waals surface area contributed by atoms with Crippen LogP contribution in [0.3, 0.4) is 0 Å². The molecule has 0 aliphatic carbocycles. The van der Waals surface area contributed by atoms with Gasteiger partial charge in [-0.1, -0.05) is 41.5 Å². The number of benzene rings is 2. The van der Waals surface area contributed by atoms with Crippen LogP contribution in [0, 0.1) is 23.7 Å². The number of imidazole rings is 2. The number of sulfonamides is 2. The number of aromatic nitrogens is 4. The zero-order valence-electron chi connectivity index (χ0n) is 38.5. The highest BCUT2D eigenvalue weighted by atomic mass is 32.2. The first kappa shape index (κ1) is 48.0.